The molecule has 0 radical (unpaired) electrons. The third-order valence-corrected chi connectivity index (χ3v) is 4.44. The lowest BCUT2D eigenvalue weighted by Gasteiger charge is -2.25. The summed E-state index contributed by atoms with van der Waals surface area (Å²) in [5.41, 5.74) is 0.884. The van der Waals surface area contributed by atoms with Gasteiger partial charge in [-0.3, -0.25) is 0 Å². The minimum atomic E-state index is -2.65. The van der Waals surface area contributed by atoms with Gasteiger partial charge < -0.3 is 4.90 Å². The molecule has 0 atom stereocenters. The molecule has 1 aliphatic heterocycles. The normalized spacial score (nSPS) is 18.7. The molecule has 2 aromatic rings. The molecule has 0 saturated carbocycles. The Morgan fingerprint density at radius 1 is 1.09 bits per heavy atom. The van der Waals surface area contributed by atoms with Crippen molar-refractivity contribution in [3.63, 3.8) is 0 Å². The molecular formula is C17H21F2N3. The van der Waals surface area contributed by atoms with Gasteiger partial charge in [0.05, 0.1) is 5.52 Å². The van der Waals surface area contributed by atoms with Gasteiger partial charge in [-0.1, -0.05) is 26.0 Å². The van der Waals surface area contributed by atoms with Gasteiger partial charge in [-0.15, -0.1) is 0 Å². The Hall–Kier alpha value is -1.78. The van der Waals surface area contributed by atoms with Gasteiger partial charge in [0.25, 0.3) is 6.43 Å². The molecule has 0 unspecified atom stereocenters. The van der Waals surface area contributed by atoms with E-state index < -0.39 is 6.43 Å². The third kappa shape index (κ3) is 3.03. The van der Waals surface area contributed by atoms with Gasteiger partial charge in [0.15, 0.2) is 5.82 Å². The van der Waals surface area contributed by atoms with E-state index >= 15 is 0 Å². The molecule has 1 aliphatic rings. The molecule has 3 nitrogen and oxygen atoms in total. The van der Waals surface area contributed by atoms with Crippen LogP contribution in [0.15, 0.2) is 24.3 Å². The van der Waals surface area contributed by atoms with Crippen LogP contribution in [-0.4, -0.2) is 23.1 Å². The highest BCUT2D eigenvalue weighted by atomic mass is 19.3. The van der Waals surface area contributed by atoms with E-state index in [2.05, 4.69) is 28.7 Å². The van der Waals surface area contributed by atoms with E-state index in [1.54, 1.807) is 6.07 Å². The van der Waals surface area contributed by atoms with E-state index in [0.29, 0.717) is 16.7 Å². The highest BCUT2D eigenvalue weighted by Crippen LogP contribution is 2.33. The van der Waals surface area contributed by atoms with Gasteiger partial charge in [-0.2, -0.15) is 0 Å². The van der Waals surface area contributed by atoms with Gasteiger partial charge in [-0.05, 0) is 36.8 Å². The summed E-state index contributed by atoms with van der Waals surface area (Å²) in [6.45, 7) is 6.22. The fraction of sp³-hybridized carbons (Fsp3) is 0.529. The number of alkyl halides is 2. The van der Waals surface area contributed by atoms with Gasteiger partial charge in [-0.25, -0.2) is 18.7 Å². The average Bonchev–Trinajstić information content (AvgIpc) is 2.67. The van der Waals surface area contributed by atoms with Crippen molar-refractivity contribution in [2.45, 2.75) is 39.5 Å². The van der Waals surface area contributed by atoms with E-state index in [4.69, 9.17) is 0 Å². The Bertz CT molecular complexity index is 670. The number of nitrogens with zero attached hydrogens (tertiary/aromatic N) is 3. The topological polar surface area (TPSA) is 29.0 Å². The first-order valence-electron chi connectivity index (χ1n) is 7.76. The highest BCUT2D eigenvalue weighted by Gasteiger charge is 2.25. The van der Waals surface area contributed by atoms with Crippen LogP contribution < -0.4 is 4.90 Å². The van der Waals surface area contributed by atoms with E-state index in [1.807, 2.05) is 18.2 Å². The number of fused-ring (bicyclic) bond motifs is 1. The fourth-order valence-electron chi connectivity index (χ4n) is 3.05. The summed E-state index contributed by atoms with van der Waals surface area (Å²) < 4.78 is 26.2. The molecule has 22 heavy (non-hydrogen) atoms. The first kappa shape index (κ1) is 15.1. The zero-order valence-electron chi connectivity index (χ0n) is 13.0. The molecule has 0 amide bonds. The third-order valence-electron chi connectivity index (χ3n) is 4.44. The van der Waals surface area contributed by atoms with Crippen LogP contribution in [0.5, 0.6) is 0 Å². The number of aromatic nitrogens is 2. The van der Waals surface area contributed by atoms with Crippen molar-refractivity contribution in [3.8, 4) is 0 Å². The molecule has 118 valence electrons. The molecule has 1 saturated heterocycles. The smallest absolute Gasteiger partial charge is 0.297 e. The Balaban J connectivity index is 2.05. The average molecular weight is 305 g/mol. The summed E-state index contributed by atoms with van der Waals surface area (Å²) in [6.07, 6.45) is 0.589. The number of anilines is 1. The van der Waals surface area contributed by atoms with Crippen molar-refractivity contribution in [2.75, 3.05) is 18.0 Å². The number of para-hydroxylation sites is 1. The van der Waals surface area contributed by atoms with Crippen LogP contribution in [0.2, 0.25) is 0 Å². The minimum Gasteiger partial charge on any atom is -0.356 e. The predicted molar refractivity (Wildman–Crippen MR) is 84.3 cm³/mol. The van der Waals surface area contributed by atoms with E-state index in [0.717, 1.165) is 37.7 Å². The minimum absolute atomic E-state index is 0.295. The van der Waals surface area contributed by atoms with Crippen LogP contribution >= 0.6 is 0 Å². The summed E-state index contributed by atoms with van der Waals surface area (Å²) in [4.78, 5) is 10.3. The SMILES string of the molecule is CC1(C)CCCN(c2nc(C(F)F)nc3ccccc23)CC1. The van der Waals surface area contributed by atoms with Crippen LogP contribution in [-0.2, 0) is 0 Å². The fourth-order valence-corrected chi connectivity index (χ4v) is 3.05. The van der Waals surface area contributed by atoms with Crippen molar-refractivity contribution in [2.24, 2.45) is 5.41 Å². The Kier molecular flexibility index (Phi) is 3.98. The maximum absolute atomic E-state index is 13.1. The molecule has 0 N–H and O–H groups in total. The van der Waals surface area contributed by atoms with E-state index in [-0.39, 0.29) is 5.82 Å². The van der Waals surface area contributed by atoms with E-state index in [1.165, 1.54) is 0 Å². The molecule has 3 rings (SSSR count). The number of halogens is 2. The standard InChI is InChI=1S/C17H21F2N3/c1-17(2)8-5-10-22(11-9-17)16-12-6-3-4-7-13(12)20-15(21-16)14(18)19/h3-4,6-7,14H,5,8-11H2,1-2H3. The monoisotopic (exact) mass is 305 g/mol. The van der Waals surface area contributed by atoms with Crippen LogP contribution in [0.4, 0.5) is 14.6 Å². The molecule has 1 aromatic carbocycles. The second-order valence-corrected chi connectivity index (χ2v) is 6.73. The first-order valence-corrected chi connectivity index (χ1v) is 7.76. The summed E-state index contributed by atoms with van der Waals surface area (Å²) in [6, 6.07) is 7.41. The quantitative estimate of drug-likeness (QED) is 0.813. The van der Waals surface area contributed by atoms with Gasteiger partial charge >= 0.3 is 0 Å². The molecule has 0 spiro atoms. The van der Waals surface area contributed by atoms with Gasteiger partial charge in [0.2, 0.25) is 0 Å². The van der Waals surface area contributed by atoms with Crippen LogP contribution in [0, 0.1) is 5.41 Å². The zero-order chi connectivity index (χ0) is 15.7. The number of hydrogen-bond acceptors (Lipinski definition) is 3. The number of rotatable bonds is 2. The summed E-state index contributed by atoms with van der Waals surface area (Å²) in [5.74, 6) is 0.274. The molecule has 0 bridgehead atoms. The highest BCUT2D eigenvalue weighted by molar-refractivity contribution is 5.89. The summed E-state index contributed by atoms with van der Waals surface area (Å²) >= 11 is 0. The summed E-state index contributed by atoms with van der Waals surface area (Å²) in [5, 5.41) is 0.853. The molecule has 1 fully saturated rings. The lowest BCUT2D eigenvalue weighted by Crippen LogP contribution is -2.26. The first-order chi connectivity index (χ1) is 10.5. The maximum Gasteiger partial charge on any atom is 0.297 e. The second-order valence-electron chi connectivity index (χ2n) is 6.73. The van der Waals surface area contributed by atoms with Crippen molar-refractivity contribution < 1.29 is 8.78 Å². The zero-order valence-corrected chi connectivity index (χ0v) is 13.0. The number of hydrogen-bond donors (Lipinski definition) is 0. The van der Waals surface area contributed by atoms with Crippen LogP contribution in [0.25, 0.3) is 10.9 Å². The molecule has 5 heteroatoms. The van der Waals surface area contributed by atoms with Crippen LogP contribution in [0.1, 0.15) is 45.4 Å². The second kappa shape index (κ2) is 5.78. The Labute approximate surface area is 129 Å². The van der Waals surface area contributed by atoms with Crippen LogP contribution in [0.3, 0.4) is 0 Å². The molecule has 2 heterocycles. The number of benzene rings is 1. The van der Waals surface area contributed by atoms with Crippen molar-refractivity contribution in [1.29, 1.82) is 0 Å². The van der Waals surface area contributed by atoms with Gasteiger partial charge in [0, 0.05) is 18.5 Å². The van der Waals surface area contributed by atoms with Crippen molar-refractivity contribution in [3.05, 3.63) is 30.1 Å². The lowest BCUT2D eigenvalue weighted by atomic mass is 9.85. The van der Waals surface area contributed by atoms with Gasteiger partial charge in [0.1, 0.15) is 5.82 Å². The predicted octanol–water partition coefficient (Wildman–Crippen LogP) is 4.58. The summed E-state index contributed by atoms with van der Waals surface area (Å²) in [7, 11) is 0. The van der Waals surface area contributed by atoms with Crippen molar-refractivity contribution >= 4 is 16.7 Å². The Morgan fingerprint density at radius 3 is 2.64 bits per heavy atom. The Morgan fingerprint density at radius 2 is 1.86 bits per heavy atom. The largest absolute Gasteiger partial charge is 0.356 e. The maximum atomic E-state index is 13.1. The lowest BCUT2D eigenvalue weighted by molar-refractivity contribution is 0.141. The molecular weight excluding hydrogens is 284 g/mol. The molecule has 1 aromatic heterocycles. The molecule has 0 aliphatic carbocycles. The van der Waals surface area contributed by atoms with Crippen molar-refractivity contribution in [1.82, 2.24) is 9.97 Å². The van der Waals surface area contributed by atoms with E-state index in [9.17, 15) is 8.78 Å².